The molecule has 0 atom stereocenters. The Kier molecular flexibility index (Phi) is 5.47. The third kappa shape index (κ3) is 3.62. The molecule has 0 saturated heterocycles. The van der Waals surface area contributed by atoms with Crippen molar-refractivity contribution in [2.45, 2.75) is 10.6 Å². The molecule has 0 saturated carbocycles. The Morgan fingerprint density at radius 2 is 1.81 bits per heavy atom. The van der Waals surface area contributed by atoms with Crippen LogP contribution in [0.2, 0.25) is 0 Å². The summed E-state index contributed by atoms with van der Waals surface area (Å²) >= 11 is 0. The molecule has 0 fully saturated rings. The first-order chi connectivity index (χ1) is 15.3. The van der Waals surface area contributed by atoms with Gasteiger partial charge in [0.1, 0.15) is 23.6 Å². The van der Waals surface area contributed by atoms with Crippen LogP contribution in [-0.4, -0.2) is 37.2 Å². The van der Waals surface area contributed by atoms with Crippen LogP contribution in [0.5, 0.6) is 11.5 Å². The number of anilines is 1. The van der Waals surface area contributed by atoms with Crippen LogP contribution < -0.4 is 15.2 Å². The van der Waals surface area contributed by atoms with Gasteiger partial charge in [0.2, 0.25) is 0 Å². The number of hydrogen-bond donors (Lipinski definition) is 1. The molecule has 32 heavy (non-hydrogen) atoms. The van der Waals surface area contributed by atoms with Crippen LogP contribution in [0.4, 0.5) is 10.2 Å². The van der Waals surface area contributed by atoms with Crippen LogP contribution in [0.25, 0.3) is 22.2 Å². The highest BCUT2D eigenvalue weighted by Gasteiger charge is 2.23. The van der Waals surface area contributed by atoms with E-state index in [2.05, 4.69) is 9.97 Å². The molecule has 0 aliphatic carbocycles. The zero-order valence-corrected chi connectivity index (χ0v) is 18.5. The molecular weight excluding hydrogens is 435 g/mol. The first-order valence-electron chi connectivity index (χ1n) is 9.55. The van der Waals surface area contributed by atoms with Crippen LogP contribution in [0, 0.1) is 5.82 Å². The average molecular weight is 456 g/mol. The number of benzene rings is 2. The van der Waals surface area contributed by atoms with Crippen molar-refractivity contribution in [2.24, 2.45) is 7.05 Å². The number of rotatable bonds is 6. The average Bonchev–Trinajstić information content (AvgIpc) is 3.12. The number of fused-ring (bicyclic) bond motifs is 1. The number of nitrogens with zero attached hydrogens (tertiary/aromatic N) is 3. The predicted octanol–water partition coefficient (Wildman–Crippen LogP) is 3.35. The largest absolute Gasteiger partial charge is 0.493 e. The lowest BCUT2D eigenvalue weighted by atomic mass is 10.0. The van der Waals surface area contributed by atoms with E-state index in [0.29, 0.717) is 22.3 Å². The molecule has 0 aliphatic rings. The third-order valence-corrected chi connectivity index (χ3v) is 6.87. The van der Waals surface area contributed by atoms with Gasteiger partial charge in [0.15, 0.2) is 21.3 Å². The number of aromatic nitrogens is 3. The quantitative estimate of drug-likeness (QED) is 0.474. The van der Waals surface area contributed by atoms with Crippen molar-refractivity contribution in [3.63, 3.8) is 0 Å². The fraction of sp³-hybridized carbons (Fsp3) is 0.182. The smallest absolute Gasteiger partial charge is 0.182 e. The number of ether oxygens (including phenoxy) is 2. The Morgan fingerprint density at radius 3 is 2.53 bits per heavy atom. The van der Waals surface area contributed by atoms with E-state index >= 15 is 4.39 Å². The maximum absolute atomic E-state index is 15.5. The summed E-state index contributed by atoms with van der Waals surface area (Å²) in [6.45, 7) is 0. The van der Waals surface area contributed by atoms with E-state index in [-0.39, 0.29) is 27.6 Å². The predicted molar refractivity (Wildman–Crippen MR) is 119 cm³/mol. The van der Waals surface area contributed by atoms with Crippen molar-refractivity contribution in [1.29, 1.82) is 0 Å². The van der Waals surface area contributed by atoms with Crippen molar-refractivity contribution < 1.29 is 22.3 Å². The minimum Gasteiger partial charge on any atom is -0.493 e. The second-order valence-electron chi connectivity index (χ2n) is 7.17. The molecule has 0 radical (unpaired) electrons. The topological polar surface area (TPSA) is 109 Å². The molecule has 0 bridgehead atoms. The van der Waals surface area contributed by atoms with Crippen LogP contribution in [0.15, 0.2) is 53.8 Å². The minimum atomic E-state index is -3.87. The first-order valence-corrected chi connectivity index (χ1v) is 11.2. The summed E-state index contributed by atoms with van der Waals surface area (Å²) in [7, 11) is 0.767. The van der Waals surface area contributed by atoms with Gasteiger partial charge in [-0.15, -0.1) is 0 Å². The summed E-state index contributed by atoms with van der Waals surface area (Å²) in [5.74, 6) is -0.288. The number of aryl methyl sites for hydroxylation is 1. The number of sulfone groups is 1. The Hall–Kier alpha value is -3.66. The molecule has 4 rings (SSSR count). The molecule has 2 aromatic carbocycles. The Morgan fingerprint density at radius 1 is 1.06 bits per heavy atom. The second kappa shape index (κ2) is 8.12. The van der Waals surface area contributed by atoms with Gasteiger partial charge in [-0.2, -0.15) is 0 Å². The molecule has 8 nitrogen and oxygen atoms in total. The van der Waals surface area contributed by atoms with E-state index in [4.69, 9.17) is 15.2 Å². The fourth-order valence-electron chi connectivity index (χ4n) is 3.64. The molecule has 0 aliphatic heterocycles. The van der Waals surface area contributed by atoms with Crippen molar-refractivity contribution >= 4 is 26.7 Å². The third-order valence-electron chi connectivity index (χ3n) is 5.21. The molecule has 2 N–H and O–H groups in total. The highest BCUT2D eigenvalue weighted by molar-refractivity contribution is 7.90. The molecular formula is C22H21FN4O4S. The number of methoxy groups -OCH3 is 2. The maximum atomic E-state index is 15.5. The molecule has 4 aromatic rings. The summed E-state index contributed by atoms with van der Waals surface area (Å²) in [5.41, 5.74) is 7.31. The van der Waals surface area contributed by atoms with E-state index in [0.717, 1.165) is 0 Å². The lowest BCUT2D eigenvalue weighted by Gasteiger charge is -2.12. The van der Waals surface area contributed by atoms with Gasteiger partial charge in [-0.1, -0.05) is 18.2 Å². The lowest BCUT2D eigenvalue weighted by Crippen LogP contribution is -2.07. The zero-order chi connectivity index (χ0) is 23.0. The van der Waals surface area contributed by atoms with Gasteiger partial charge in [0.05, 0.1) is 30.3 Å². The number of nitrogen functional groups attached to an aromatic ring is 1. The van der Waals surface area contributed by atoms with Crippen LogP contribution in [0.1, 0.15) is 5.56 Å². The number of hydrogen-bond acceptors (Lipinski definition) is 7. The minimum absolute atomic E-state index is 0.00255. The van der Waals surface area contributed by atoms with Gasteiger partial charge in [0, 0.05) is 36.0 Å². The molecule has 2 heterocycles. The van der Waals surface area contributed by atoms with E-state index in [1.807, 2.05) is 0 Å². The van der Waals surface area contributed by atoms with Crippen molar-refractivity contribution in [3.05, 3.63) is 60.3 Å². The van der Waals surface area contributed by atoms with E-state index in [9.17, 15) is 8.42 Å². The van der Waals surface area contributed by atoms with E-state index in [1.54, 1.807) is 29.9 Å². The van der Waals surface area contributed by atoms with Gasteiger partial charge in [0.25, 0.3) is 0 Å². The Bertz CT molecular complexity index is 1430. The second-order valence-corrected chi connectivity index (χ2v) is 9.16. The SMILES string of the molecule is COc1ccc(S(=O)(=O)Cc2cccc(-c3cn(C)c4ncnc(N)c34)c2F)cc1OC. The van der Waals surface area contributed by atoms with Crippen molar-refractivity contribution in [1.82, 2.24) is 14.5 Å². The number of halogens is 1. The molecule has 10 heteroatoms. The summed E-state index contributed by atoms with van der Waals surface area (Å²) < 4.78 is 53.7. The summed E-state index contributed by atoms with van der Waals surface area (Å²) in [6.07, 6.45) is 3.03. The lowest BCUT2D eigenvalue weighted by molar-refractivity contribution is 0.354. The first kappa shape index (κ1) is 21.6. The van der Waals surface area contributed by atoms with Gasteiger partial charge in [-0.3, -0.25) is 0 Å². The summed E-state index contributed by atoms with van der Waals surface area (Å²) in [4.78, 5) is 8.20. The molecule has 0 spiro atoms. The standard InChI is InChI=1S/C22H21FN4O4S/c1-27-10-16(19-21(24)25-12-26-22(19)27)15-6-4-5-13(20(15)23)11-32(28,29)14-7-8-17(30-2)18(9-14)31-3/h4-10,12H,11H2,1-3H3,(H2,24,25,26). The van der Waals surface area contributed by atoms with Gasteiger partial charge < -0.3 is 19.8 Å². The van der Waals surface area contributed by atoms with Crippen molar-refractivity contribution in [2.75, 3.05) is 20.0 Å². The normalized spacial score (nSPS) is 11.6. The van der Waals surface area contributed by atoms with Crippen molar-refractivity contribution in [3.8, 4) is 22.6 Å². The van der Waals surface area contributed by atoms with Gasteiger partial charge >= 0.3 is 0 Å². The van der Waals surface area contributed by atoms with Crippen LogP contribution >= 0.6 is 0 Å². The Labute approximate surface area is 184 Å². The van der Waals surface area contributed by atoms with E-state index in [1.165, 1.54) is 44.8 Å². The van der Waals surface area contributed by atoms with Gasteiger partial charge in [-0.05, 0) is 12.1 Å². The summed E-state index contributed by atoms with van der Waals surface area (Å²) in [6, 6.07) is 8.89. The van der Waals surface area contributed by atoms with Crippen LogP contribution in [-0.2, 0) is 22.6 Å². The fourth-order valence-corrected chi connectivity index (χ4v) is 5.00. The molecule has 2 aromatic heterocycles. The van der Waals surface area contributed by atoms with Crippen LogP contribution in [0.3, 0.4) is 0 Å². The molecule has 166 valence electrons. The highest BCUT2D eigenvalue weighted by Crippen LogP contribution is 2.36. The molecule has 0 unspecified atom stereocenters. The number of nitrogens with two attached hydrogens (primary N) is 1. The maximum Gasteiger partial charge on any atom is 0.182 e. The summed E-state index contributed by atoms with van der Waals surface area (Å²) in [5, 5.41) is 0.508. The zero-order valence-electron chi connectivity index (χ0n) is 17.7. The molecule has 0 amide bonds. The van der Waals surface area contributed by atoms with E-state index < -0.39 is 21.4 Å². The van der Waals surface area contributed by atoms with Gasteiger partial charge in [-0.25, -0.2) is 22.8 Å². The highest BCUT2D eigenvalue weighted by atomic mass is 32.2. The Balaban J connectivity index is 1.78. The monoisotopic (exact) mass is 456 g/mol.